The SMILES string of the molecule is COc1ccc(Br)c(-c2cn[nH]c2)c1. The van der Waals surface area contributed by atoms with Crippen LogP contribution in [0.5, 0.6) is 5.75 Å². The van der Waals surface area contributed by atoms with Gasteiger partial charge in [-0.1, -0.05) is 15.9 Å². The van der Waals surface area contributed by atoms with Gasteiger partial charge in [0.2, 0.25) is 0 Å². The second-order valence-corrected chi connectivity index (χ2v) is 3.69. The monoisotopic (exact) mass is 252 g/mol. The predicted molar refractivity (Wildman–Crippen MR) is 58.3 cm³/mol. The number of aromatic nitrogens is 2. The van der Waals surface area contributed by atoms with Gasteiger partial charge in [0.1, 0.15) is 5.75 Å². The van der Waals surface area contributed by atoms with Crippen LogP contribution in [0.2, 0.25) is 0 Å². The molecule has 4 heteroatoms. The summed E-state index contributed by atoms with van der Waals surface area (Å²) in [5.74, 6) is 0.837. The van der Waals surface area contributed by atoms with Gasteiger partial charge in [-0.25, -0.2) is 0 Å². The number of rotatable bonds is 2. The molecule has 3 nitrogen and oxygen atoms in total. The Hall–Kier alpha value is -1.29. The van der Waals surface area contributed by atoms with Gasteiger partial charge in [-0.05, 0) is 18.2 Å². The Kier molecular flexibility index (Phi) is 2.54. The first kappa shape index (κ1) is 9.27. The normalized spacial score (nSPS) is 10.1. The Balaban J connectivity index is 2.51. The van der Waals surface area contributed by atoms with Crippen molar-refractivity contribution in [3.8, 4) is 16.9 Å². The van der Waals surface area contributed by atoms with Crippen molar-refractivity contribution in [1.29, 1.82) is 0 Å². The maximum absolute atomic E-state index is 5.16. The van der Waals surface area contributed by atoms with Gasteiger partial charge in [-0.3, -0.25) is 5.10 Å². The smallest absolute Gasteiger partial charge is 0.119 e. The van der Waals surface area contributed by atoms with E-state index in [1.165, 1.54) is 0 Å². The highest BCUT2D eigenvalue weighted by Gasteiger charge is 2.05. The summed E-state index contributed by atoms with van der Waals surface area (Å²) < 4.78 is 6.18. The first-order valence-corrected chi connectivity index (χ1v) is 4.93. The van der Waals surface area contributed by atoms with Crippen molar-refractivity contribution < 1.29 is 4.74 Å². The molecule has 0 amide bonds. The molecule has 0 unspecified atom stereocenters. The third-order valence-electron chi connectivity index (χ3n) is 1.98. The van der Waals surface area contributed by atoms with E-state index < -0.39 is 0 Å². The second-order valence-electron chi connectivity index (χ2n) is 2.83. The molecular formula is C10H9BrN2O. The first-order valence-electron chi connectivity index (χ1n) is 4.14. The highest BCUT2D eigenvalue weighted by Crippen LogP contribution is 2.30. The summed E-state index contributed by atoms with van der Waals surface area (Å²) in [5.41, 5.74) is 2.11. The number of nitrogens with zero attached hydrogens (tertiary/aromatic N) is 1. The predicted octanol–water partition coefficient (Wildman–Crippen LogP) is 2.85. The molecule has 14 heavy (non-hydrogen) atoms. The summed E-state index contributed by atoms with van der Waals surface area (Å²) in [7, 11) is 1.66. The number of hydrogen-bond acceptors (Lipinski definition) is 2. The van der Waals surface area contributed by atoms with Crippen LogP contribution in [0.3, 0.4) is 0 Å². The summed E-state index contributed by atoms with van der Waals surface area (Å²) in [4.78, 5) is 0. The molecule has 0 fully saturated rings. The third-order valence-corrected chi connectivity index (χ3v) is 2.67. The highest BCUT2D eigenvalue weighted by atomic mass is 79.9. The molecule has 0 saturated carbocycles. The van der Waals surface area contributed by atoms with Crippen LogP contribution in [0.25, 0.3) is 11.1 Å². The number of methoxy groups -OCH3 is 1. The molecule has 2 aromatic rings. The Bertz CT molecular complexity index is 426. The van der Waals surface area contributed by atoms with Crippen molar-refractivity contribution in [2.75, 3.05) is 7.11 Å². The van der Waals surface area contributed by atoms with Crippen molar-refractivity contribution >= 4 is 15.9 Å². The van der Waals surface area contributed by atoms with E-state index in [9.17, 15) is 0 Å². The topological polar surface area (TPSA) is 37.9 Å². The molecule has 0 aliphatic carbocycles. The van der Waals surface area contributed by atoms with Crippen LogP contribution in [0.15, 0.2) is 35.1 Å². The van der Waals surface area contributed by atoms with Gasteiger partial charge in [-0.2, -0.15) is 5.10 Å². The largest absolute Gasteiger partial charge is 0.497 e. The Morgan fingerprint density at radius 2 is 2.29 bits per heavy atom. The molecule has 72 valence electrons. The molecule has 1 N–H and O–H groups in total. The van der Waals surface area contributed by atoms with E-state index in [0.717, 1.165) is 21.3 Å². The molecule has 0 bridgehead atoms. The maximum atomic E-state index is 5.16. The number of hydrogen-bond donors (Lipinski definition) is 1. The van der Waals surface area contributed by atoms with E-state index in [2.05, 4.69) is 26.1 Å². The van der Waals surface area contributed by atoms with Gasteiger partial charge in [-0.15, -0.1) is 0 Å². The van der Waals surface area contributed by atoms with Crippen LogP contribution in [-0.4, -0.2) is 17.3 Å². The maximum Gasteiger partial charge on any atom is 0.119 e. The zero-order valence-electron chi connectivity index (χ0n) is 7.62. The fourth-order valence-corrected chi connectivity index (χ4v) is 1.73. The van der Waals surface area contributed by atoms with Crippen LogP contribution in [0.1, 0.15) is 0 Å². The number of H-pyrrole nitrogens is 1. The fraction of sp³-hybridized carbons (Fsp3) is 0.100. The summed E-state index contributed by atoms with van der Waals surface area (Å²) >= 11 is 3.48. The van der Waals surface area contributed by atoms with Crippen molar-refractivity contribution in [2.45, 2.75) is 0 Å². The average molecular weight is 253 g/mol. The lowest BCUT2D eigenvalue weighted by Gasteiger charge is -2.04. The summed E-state index contributed by atoms with van der Waals surface area (Å²) in [6.45, 7) is 0. The minimum absolute atomic E-state index is 0.837. The molecule has 1 aromatic heterocycles. The summed E-state index contributed by atoms with van der Waals surface area (Å²) in [6.07, 6.45) is 3.62. The first-order chi connectivity index (χ1) is 6.81. The molecular weight excluding hydrogens is 244 g/mol. The van der Waals surface area contributed by atoms with E-state index in [-0.39, 0.29) is 0 Å². The van der Waals surface area contributed by atoms with E-state index >= 15 is 0 Å². The van der Waals surface area contributed by atoms with Gasteiger partial charge < -0.3 is 4.74 Å². The standard InChI is InChI=1S/C10H9BrN2O/c1-14-8-2-3-10(11)9(4-8)7-5-12-13-6-7/h2-6H,1H3,(H,12,13). The molecule has 0 aliphatic heterocycles. The van der Waals surface area contributed by atoms with Gasteiger partial charge in [0.15, 0.2) is 0 Å². The van der Waals surface area contributed by atoms with Crippen LogP contribution in [0, 0.1) is 0 Å². The summed E-state index contributed by atoms with van der Waals surface area (Å²) in [6, 6.07) is 5.84. The lowest BCUT2D eigenvalue weighted by atomic mass is 10.1. The molecule has 0 spiro atoms. The number of ether oxygens (including phenoxy) is 1. The Labute approximate surface area is 90.2 Å². The number of benzene rings is 1. The van der Waals surface area contributed by atoms with Crippen molar-refractivity contribution in [3.05, 3.63) is 35.1 Å². The zero-order chi connectivity index (χ0) is 9.97. The van der Waals surface area contributed by atoms with Gasteiger partial charge in [0.05, 0.1) is 13.3 Å². The second kappa shape index (κ2) is 3.84. The molecule has 1 aromatic carbocycles. The van der Waals surface area contributed by atoms with Crippen molar-refractivity contribution in [2.24, 2.45) is 0 Å². The van der Waals surface area contributed by atoms with E-state index in [1.54, 1.807) is 13.3 Å². The summed E-state index contributed by atoms with van der Waals surface area (Å²) in [5, 5.41) is 6.69. The van der Waals surface area contributed by atoms with E-state index in [0.29, 0.717) is 0 Å². The van der Waals surface area contributed by atoms with Gasteiger partial charge in [0.25, 0.3) is 0 Å². The van der Waals surface area contributed by atoms with Crippen molar-refractivity contribution in [1.82, 2.24) is 10.2 Å². The molecule has 2 rings (SSSR count). The average Bonchev–Trinajstić information content (AvgIpc) is 2.71. The van der Waals surface area contributed by atoms with Crippen LogP contribution in [-0.2, 0) is 0 Å². The molecule has 0 saturated heterocycles. The van der Waals surface area contributed by atoms with Gasteiger partial charge >= 0.3 is 0 Å². The fourth-order valence-electron chi connectivity index (χ4n) is 1.25. The molecule has 0 radical (unpaired) electrons. The quantitative estimate of drug-likeness (QED) is 0.893. The lowest BCUT2D eigenvalue weighted by molar-refractivity contribution is 0.415. The van der Waals surface area contributed by atoms with E-state index in [4.69, 9.17) is 4.74 Å². The minimum Gasteiger partial charge on any atom is -0.497 e. The minimum atomic E-state index is 0.837. The lowest BCUT2D eigenvalue weighted by Crippen LogP contribution is -1.84. The third kappa shape index (κ3) is 1.65. The van der Waals surface area contributed by atoms with E-state index in [1.807, 2.05) is 24.4 Å². The molecule has 0 aliphatic rings. The van der Waals surface area contributed by atoms with Crippen LogP contribution in [0.4, 0.5) is 0 Å². The Morgan fingerprint density at radius 1 is 1.43 bits per heavy atom. The highest BCUT2D eigenvalue weighted by molar-refractivity contribution is 9.10. The number of halogens is 1. The van der Waals surface area contributed by atoms with Crippen molar-refractivity contribution in [3.63, 3.8) is 0 Å². The molecule has 0 atom stereocenters. The van der Waals surface area contributed by atoms with Crippen LogP contribution < -0.4 is 4.74 Å². The Morgan fingerprint density at radius 3 is 2.93 bits per heavy atom. The van der Waals surface area contributed by atoms with Gasteiger partial charge in [0, 0.05) is 21.8 Å². The number of aromatic amines is 1. The molecule has 1 heterocycles. The zero-order valence-corrected chi connectivity index (χ0v) is 9.21. The number of nitrogens with one attached hydrogen (secondary N) is 1. The van der Waals surface area contributed by atoms with Crippen LogP contribution >= 0.6 is 15.9 Å².